The molecule has 0 aliphatic carbocycles. The van der Waals surface area contributed by atoms with Crippen molar-refractivity contribution < 1.29 is 9.52 Å². The zero-order valence-electron chi connectivity index (χ0n) is 6.91. The predicted octanol–water partition coefficient (Wildman–Crippen LogP) is 2.14. The van der Waals surface area contributed by atoms with Crippen LogP contribution in [0.5, 0.6) is 5.75 Å². The van der Waals surface area contributed by atoms with Crippen molar-refractivity contribution in [1.82, 2.24) is 0 Å². The van der Waals surface area contributed by atoms with Crippen molar-refractivity contribution in [3.05, 3.63) is 42.4 Å². The van der Waals surface area contributed by atoms with E-state index >= 15 is 0 Å². The van der Waals surface area contributed by atoms with Gasteiger partial charge in [0, 0.05) is 0 Å². The van der Waals surface area contributed by atoms with Gasteiger partial charge in [0.15, 0.2) is 0 Å². The summed E-state index contributed by atoms with van der Waals surface area (Å²) in [5.41, 5.74) is 1.49. The number of hydrogen-bond donors (Lipinski definition) is 0. The summed E-state index contributed by atoms with van der Waals surface area (Å²) in [5, 5.41) is 11.2. The lowest BCUT2D eigenvalue weighted by atomic mass is 10.1. The fourth-order valence-electron chi connectivity index (χ4n) is 0.897. The van der Waals surface area contributed by atoms with Gasteiger partial charge in [0.25, 0.3) is 0 Å². The molecule has 0 radical (unpaired) electrons. The van der Waals surface area contributed by atoms with E-state index in [0.29, 0.717) is 5.56 Å². The topological polar surface area (TPSA) is 34.4 Å². The normalized spacial score (nSPS) is 10.4. The Morgan fingerprint density at radius 3 is 2.83 bits per heavy atom. The highest BCUT2D eigenvalue weighted by atomic mass is 16.3. The second-order valence-electron chi connectivity index (χ2n) is 2.43. The third-order valence-corrected chi connectivity index (χ3v) is 1.51. The van der Waals surface area contributed by atoms with Gasteiger partial charge in [-0.25, -0.2) is 4.42 Å². The largest absolute Gasteiger partial charge is 0.866 e. The lowest BCUT2D eigenvalue weighted by Gasteiger charge is -2.04. The Morgan fingerprint density at radius 2 is 2.25 bits per heavy atom. The van der Waals surface area contributed by atoms with Crippen molar-refractivity contribution in [1.29, 1.82) is 0 Å². The van der Waals surface area contributed by atoms with Gasteiger partial charge in [-0.2, -0.15) is 0 Å². The van der Waals surface area contributed by atoms with Crippen molar-refractivity contribution in [3.63, 3.8) is 0 Å². The van der Waals surface area contributed by atoms with Crippen molar-refractivity contribution in [3.8, 4) is 5.75 Å². The molecule has 0 fully saturated rings. The Morgan fingerprint density at radius 1 is 1.50 bits per heavy atom. The summed E-state index contributed by atoms with van der Waals surface area (Å²) >= 11 is 0. The van der Waals surface area contributed by atoms with Crippen molar-refractivity contribution in [2.75, 3.05) is 0 Å². The molecule has 0 unspecified atom stereocenters. The first-order chi connectivity index (χ1) is 5.75. The summed E-state index contributed by atoms with van der Waals surface area (Å²) in [7, 11) is 0. The van der Waals surface area contributed by atoms with Gasteiger partial charge < -0.3 is 5.11 Å². The van der Waals surface area contributed by atoms with Gasteiger partial charge in [0.2, 0.25) is 0 Å². The molecule has 0 aliphatic rings. The summed E-state index contributed by atoms with van der Waals surface area (Å²) < 4.78 is 4.79. The summed E-state index contributed by atoms with van der Waals surface area (Å²) in [6.45, 7) is 5.35. The van der Waals surface area contributed by atoms with Crippen LogP contribution in [-0.4, -0.2) is 0 Å². The van der Waals surface area contributed by atoms with Crippen LogP contribution in [0.2, 0.25) is 0 Å². The summed E-state index contributed by atoms with van der Waals surface area (Å²) in [6, 6.07) is 0. The maximum atomic E-state index is 11.2. The molecule has 1 heterocycles. The zero-order valence-corrected chi connectivity index (χ0v) is 6.91. The van der Waals surface area contributed by atoms with Crippen LogP contribution in [0.1, 0.15) is 11.1 Å². The standard InChI is InChI=1S/C10H10O2/c1-3-4-5-9-8(2)6-12-7-10(9)11/h3-7H,1H2,2H3/b5-4+. The van der Waals surface area contributed by atoms with E-state index in [1.54, 1.807) is 24.5 Å². The first-order valence-corrected chi connectivity index (χ1v) is 3.62. The van der Waals surface area contributed by atoms with Gasteiger partial charge in [-0.05, 0) is 18.2 Å². The van der Waals surface area contributed by atoms with E-state index in [2.05, 4.69) is 6.58 Å². The molecule has 2 nitrogen and oxygen atoms in total. The molecule has 0 aromatic carbocycles. The lowest BCUT2D eigenvalue weighted by molar-refractivity contribution is -0.270. The van der Waals surface area contributed by atoms with E-state index < -0.39 is 0 Å². The Hall–Kier alpha value is -1.57. The molecule has 62 valence electrons. The van der Waals surface area contributed by atoms with Gasteiger partial charge >= 0.3 is 12.5 Å². The van der Waals surface area contributed by atoms with Crippen molar-refractivity contribution in [2.24, 2.45) is 0 Å². The van der Waals surface area contributed by atoms with Crippen LogP contribution in [-0.2, 0) is 0 Å². The van der Waals surface area contributed by atoms with Crippen LogP contribution in [0.25, 0.3) is 6.08 Å². The van der Waals surface area contributed by atoms with Gasteiger partial charge in [0.05, 0.1) is 5.56 Å². The average molecular weight is 162 g/mol. The molecular weight excluding hydrogens is 152 g/mol. The molecule has 2 heteroatoms. The zero-order chi connectivity index (χ0) is 8.97. The number of hydrogen-bond acceptors (Lipinski definition) is 1. The maximum absolute atomic E-state index is 11.2. The van der Waals surface area contributed by atoms with Crippen molar-refractivity contribution in [2.45, 2.75) is 6.92 Å². The van der Waals surface area contributed by atoms with Gasteiger partial charge in [-0.15, -0.1) is 0 Å². The molecule has 1 aromatic rings. The molecule has 12 heavy (non-hydrogen) atoms. The molecule has 0 aliphatic heterocycles. The highest BCUT2D eigenvalue weighted by Gasteiger charge is 2.01. The second kappa shape index (κ2) is 3.72. The fraction of sp³-hybridized carbons (Fsp3) is 0.100. The van der Waals surface area contributed by atoms with Crippen LogP contribution in [0.15, 0.2) is 35.7 Å². The SMILES string of the molecule is C=C/C=C/c1c(C)c[o+]cc1[O-]. The quantitative estimate of drug-likeness (QED) is 0.493. The fourth-order valence-corrected chi connectivity index (χ4v) is 0.897. The Labute approximate surface area is 71.5 Å². The summed E-state index contributed by atoms with van der Waals surface area (Å²) in [6.07, 6.45) is 7.81. The van der Waals surface area contributed by atoms with Gasteiger partial charge in [-0.3, -0.25) is 0 Å². The minimum atomic E-state index is -0.104. The van der Waals surface area contributed by atoms with E-state index in [1.807, 2.05) is 6.92 Å². The lowest BCUT2D eigenvalue weighted by Crippen LogP contribution is -1.94. The molecule has 0 atom stereocenters. The first-order valence-electron chi connectivity index (χ1n) is 3.62. The van der Waals surface area contributed by atoms with Crippen LogP contribution in [0.4, 0.5) is 0 Å². The maximum Gasteiger partial charge on any atom is 0.321 e. The Kier molecular flexibility index (Phi) is 2.64. The van der Waals surface area contributed by atoms with Crippen LogP contribution >= 0.6 is 0 Å². The number of allylic oxidation sites excluding steroid dienone is 2. The van der Waals surface area contributed by atoms with E-state index in [1.165, 1.54) is 6.26 Å². The van der Waals surface area contributed by atoms with Gasteiger partial charge in [0.1, 0.15) is 0 Å². The molecule has 0 saturated heterocycles. The molecule has 1 rings (SSSR count). The number of aryl methyl sites for hydroxylation is 1. The smallest absolute Gasteiger partial charge is 0.321 e. The monoisotopic (exact) mass is 162 g/mol. The third-order valence-electron chi connectivity index (χ3n) is 1.51. The minimum Gasteiger partial charge on any atom is -0.866 e. The van der Waals surface area contributed by atoms with Crippen molar-refractivity contribution >= 4 is 6.08 Å². The molecule has 0 amide bonds. The first kappa shape index (κ1) is 8.53. The predicted molar refractivity (Wildman–Crippen MR) is 46.5 cm³/mol. The third kappa shape index (κ3) is 1.72. The second-order valence-corrected chi connectivity index (χ2v) is 2.43. The van der Waals surface area contributed by atoms with Crippen LogP contribution < -0.4 is 5.11 Å². The summed E-state index contributed by atoms with van der Waals surface area (Å²) in [4.78, 5) is 0. The molecule has 0 N–H and O–H groups in total. The van der Waals surface area contributed by atoms with E-state index in [4.69, 9.17) is 4.42 Å². The molecule has 0 spiro atoms. The molecule has 1 aromatic heterocycles. The Bertz CT molecular complexity index is 293. The van der Waals surface area contributed by atoms with Crippen LogP contribution in [0, 0.1) is 6.92 Å². The van der Waals surface area contributed by atoms with Gasteiger partial charge in [-0.1, -0.05) is 24.8 Å². The highest BCUT2D eigenvalue weighted by molar-refractivity contribution is 5.59. The molecular formula is C10H10O2. The summed E-state index contributed by atoms with van der Waals surface area (Å²) in [5.74, 6) is -0.104. The Balaban J connectivity index is 3.12. The van der Waals surface area contributed by atoms with E-state index in [9.17, 15) is 5.11 Å². The van der Waals surface area contributed by atoms with E-state index in [0.717, 1.165) is 5.56 Å². The average Bonchev–Trinajstić information content (AvgIpc) is 2.04. The number of rotatable bonds is 2. The van der Waals surface area contributed by atoms with E-state index in [-0.39, 0.29) is 5.75 Å². The minimum absolute atomic E-state index is 0.104. The highest BCUT2D eigenvalue weighted by Crippen LogP contribution is 2.18. The molecule has 0 bridgehead atoms. The van der Waals surface area contributed by atoms with Crippen LogP contribution in [0.3, 0.4) is 0 Å². The molecule has 0 saturated carbocycles.